The molecule has 1 N–H and O–H groups in total. The summed E-state index contributed by atoms with van der Waals surface area (Å²) in [6.45, 7) is 7.16. The van der Waals surface area contributed by atoms with Crippen LogP contribution in [0.25, 0.3) is 0 Å². The van der Waals surface area contributed by atoms with Gasteiger partial charge in [0.2, 0.25) is 11.8 Å². The van der Waals surface area contributed by atoms with Gasteiger partial charge in [-0.15, -0.1) is 0 Å². The molecule has 25 heavy (non-hydrogen) atoms. The molecule has 1 aliphatic heterocycles. The number of likely N-dealkylation sites (N-methyl/N-ethyl adjacent to an activating group) is 1. The van der Waals surface area contributed by atoms with E-state index in [9.17, 15) is 9.59 Å². The molecule has 0 atom stereocenters. The fraction of sp³-hybridized carbons (Fsp3) is 0.600. The van der Waals surface area contributed by atoms with Gasteiger partial charge in [0.25, 0.3) is 0 Å². The van der Waals surface area contributed by atoms with E-state index in [1.165, 1.54) is 5.56 Å². The molecule has 5 nitrogen and oxygen atoms in total. The smallest absolute Gasteiger partial charge is 0.224 e. The Kier molecular flexibility index (Phi) is 8.46. The summed E-state index contributed by atoms with van der Waals surface area (Å²) in [5.74, 6) is 0.205. The summed E-state index contributed by atoms with van der Waals surface area (Å²) in [5.41, 5.74) is 1.32. The molecule has 1 heterocycles. The fourth-order valence-corrected chi connectivity index (χ4v) is 3.13. The van der Waals surface area contributed by atoms with Crippen molar-refractivity contribution in [1.29, 1.82) is 0 Å². The lowest BCUT2D eigenvalue weighted by Gasteiger charge is -2.34. The standard InChI is InChI=1S/C20H31N3O2/c1-2-22-14-16-23(17-15-22)20(25)12-13-21-19(24)11-7-6-10-18-8-4-3-5-9-18/h3-5,8-9H,2,6-7,10-17H2,1H3,(H,21,24). The zero-order valence-electron chi connectivity index (χ0n) is 15.4. The lowest BCUT2D eigenvalue weighted by atomic mass is 10.1. The minimum absolute atomic E-state index is 0.0525. The summed E-state index contributed by atoms with van der Waals surface area (Å²) in [7, 11) is 0. The number of carbonyl (C=O) groups is 2. The normalized spacial score (nSPS) is 15.2. The predicted octanol–water partition coefficient (Wildman–Crippen LogP) is 2.07. The first-order valence-electron chi connectivity index (χ1n) is 9.49. The van der Waals surface area contributed by atoms with Crippen LogP contribution in [0.15, 0.2) is 30.3 Å². The van der Waals surface area contributed by atoms with Gasteiger partial charge in [-0.2, -0.15) is 0 Å². The maximum Gasteiger partial charge on any atom is 0.224 e. The van der Waals surface area contributed by atoms with Crippen LogP contribution in [-0.4, -0.2) is 60.9 Å². The number of benzene rings is 1. The summed E-state index contributed by atoms with van der Waals surface area (Å²) >= 11 is 0. The highest BCUT2D eigenvalue weighted by molar-refractivity contribution is 5.79. The van der Waals surface area contributed by atoms with Gasteiger partial charge in [0.15, 0.2) is 0 Å². The largest absolute Gasteiger partial charge is 0.356 e. The van der Waals surface area contributed by atoms with Crippen molar-refractivity contribution in [2.45, 2.75) is 39.0 Å². The van der Waals surface area contributed by atoms with Crippen LogP contribution in [0.3, 0.4) is 0 Å². The van der Waals surface area contributed by atoms with Gasteiger partial charge >= 0.3 is 0 Å². The Morgan fingerprint density at radius 1 is 1.00 bits per heavy atom. The summed E-state index contributed by atoms with van der Waals surface area (Å²) in [6.07, 6.45) is 3.85. The Morgan fingerprint density at radius 2 is 1.72 bits per heavy atom. The number of piperazine rings is 1. The Balaban J connectivity index is 1.51. The maximum atomic E-state index is 12.1. The second-order valence-corrected chi connectivity index (χ2v) is 6.61. The fourth-order valence-electron chi connectivity index (χ4n) is 3.13. The van der Waals surface area contributed by atoms with Crippen LogP contribution >= 0.6 is 0 Å². The van der Waals surface area contributed by atoms with Crippen LogP contribution in [0.2, 0.25) is 0 Å². The minimum atomic E-state index is 0.0525. The van der Waals surface area contributed by atoms with Crippen molar-refractivity contribution in [3.8, 4) is 0 Å². The molecular weight excluding hydrogens is 314 g/mol. The van der Waals surface area contributed by atoms with Crippen LogP contribution in [0.5, 0.6) is 0 Å². The van der Waals surface area contributed by atoms with E-state index in [-0.39, 0.29) is 11.8 Å². The second-order valence-electron chi connectivity index (χ2n) is 6.61. The molecule has 0 aliphatic carbocycles. The Hall–Kier alpha value is -1.88. The molecule has 2 rings (SSSR count). The highest BCUT2D eigenvalue weighted by Gasteiger charge is 2.19. The first kappa shape index (κ1) is 19.4. The molecule has 5 heteroatoms. The van der Waals surface area contributed by atoms with Gasteiger partial charge in [0.05, 0.1) is 0 Å². The summed E-state index contributed by atoms with van der Waals surface area (Å²) in [6, 6.07) is 10.3. The van der Waals surface area contributed by atoms with E-state index < -0.39 is 0 Å². The lowest BCUT2D eigenvalue weighted by molar-refractivity contribution is -0.132. The number of aryl methyl sites for hydroxylation is 1. The molecule has 0 saturated carbocycles. The maximum absolute atomic E-state index is 12.1. The highest BCUT2D eigenvalue weighted by atomic mass is 16.2. The van der Waals surface area contributed by atoms with Crippen molar-refractivity contribution < 1.29 is 9.59 Å². The molecular formula is C20H31N3O2. The highest BCUT2D eigenvalue weighted by Crippen LogP contribution is 2.06. The van der Waals surface area contributed by atoms with Crippen LogP contribution in [0.4, 0.5) is 0 Å². The minimum Gasteiger partial charge on any atom is -0.356 e. The molecule has 0 radical (unpaired) electrons. The van der Waals surface area contributed by atoms with E-state index in [4.69, 9.17) is 0 Å². The van der Waals surface area contributed by atoms with Crippen LogP contribution in [0, 0.1) is 0 Å². The third-order valence-corrected chi connectivity index (χ3v) is 4.80. The zero-order valence-corrected chi connectivity index (χ0v) is 15.4. The Bertz CT molecular complexity index is 525. The SMILES string of the molecule is CCN1CCN(C(=O)CCNC(=O)CCCCc2ccccc2)CC1. The van der Waals surface area contributed by atoms with Crippen molar-refractivity contribution in [1.82, 2.24) is 15.1 Å². The van der Waals surface area contributed by atoms with Gasteiger partial charge in [-0.25, -0.2) is 0 Å². The third kappa shape index (κ3) is 7.26. The summed E-state index contributed by atoms with van der Waals surface area (Å²) < 4.78 is 0. The van der Waals surface area contributed by atoms with E-state index in [1.54, 1.807) is 0 Å². The zero-order chi connectivity index (χ0) is 17.9. The molecule has 1 aromatic carbocycles. The van der Waals surface area contributed by atoms with Gasteiger partial charge in [-0.3, -0.25) is 9.59 Å². The van der Waals surface area contributed by atoms with Crippen LogP contribution in [0.1, 0.15) is 38.2 Å². The first-order chi connectivity index (χ1) is 12.2. The van der Waals surface area contributed by atoms with Gasteiger partial charge in [-0.05, 0) is 31.4 Å². The average molecular weight is 345 g/mol. The molecule has 1 aliphatic rings. The first-order valence-corrected chi connectivity index (χ1v) is 9.49. The number of hydrogen-bond acceptors (Lipinski definition) is 3. The molecule has 1 saturated heterocycles. The number of rotatable bonds is 9. The second kappa shape index (κ2) is 10.9. The van der Waals surface area contributed by atoms with Gasteiger partial charge in [0, 0.05) is 45.6 Å². The van der Waals surface area contributed by atoms with Crippen molar-refractivity contribution in [3.05, 3.63) is 35.9 Å². The van der Waals surface area contributed by atoms with E-state index >= 15 is 0 Å². The van der Waals surface area contributed by atoms with Crippen LogP contribution < -0.4 is 5.32 Å². The van der Waals surface area contributed by atoms with Crippen molar-refractivity contribution in [2.75, 3.05) is 39.3 Å². The van der Waals surface area contributed by atoms with Crippen molar-refractivity contribution in [2.24, 2.45) is 0 Å². The Labute approximate surface area is 151 Å². The molecule has 0 spiro atoms. The topological polar surface area (TPSA) is 52.6 Å². The van der Waals surface area contributed by atoms with Crippen LogP contribution in [-0.2, 0) is 16.0 Å². The number of nitrogens with zero attached hydrogens (tertiary/aromatic N) is 2. The monoisotopic (exact) mass is 345 g/mol. The third-order valence-electron chi connectivity index (χ3n) is 4.80. The van der Waals surface area contributed by atoms with Gasteiger partial charge < -0.3 is 15.1 Å². The lowest BCUT2D eigenvalue weighted by Crippen LogP contribution is -2.49. The number of nitrogens with one attached hydrogen (secondary N) is 1. The predicted molar refractivity (Wildman–Crippen MR) is 100 cm³/mol. The Morgan fingerprint density at radius 3 is 2.40 bits per heavy atom. The van der Waals surface area contributed by atoms with E-state index in [1.807, 2.05) is 23.1 Å². The van der Waals surface area contributed by atoms with E-state index in [0.29, 0.717) is 19.4 Å². The molecule has 138 valence electrons. The number of unbranched alkanes of at least 4 members (excludes halogenated alkanes) is 1. The average Bonchev–Trinajstić information content (AvgIpc) is 2.66. The molecule has 1 fully saturated rings. The van der Waals surface area contributed by atoms with E-state index in [0.717, 1.165) is 52.0 Å². The molecule has 0 bridgehead atoms. The molecule has 0 aromatic heterocycles. The van der Waals surface area contributed by atoms with Gasteiger partial charge in [0.1, 0.15) is 0 Å². The molecule has 0 unspecified atom stereocenters. The van der Waals surface area contributed by atoms with E-state index in [2.05, 4.69) is 29.3 Å². The number of hydrogen-bond donors (Lipinski definition) is 1. The quantitative estimate of drug-likeness (QED) is 0.697. The van der Waals surface area contributed by atoms with Crippen molar-refractivity contribution >= 4 is 11.8 Å². The van der Waals surface area contributed by atoms with Gasteiger partial charge in [-0.1, -0.05) is 37.3 Å². The number of amides is 2. The van der Waals surface area contributed by atoms with Crippen molar-refractivity contribution in [3.63, 3.8) is 0 Å². The molecule has 1 aromatic rings. The molecule has 2 amide bonds. The number of carbonyl (C=O) groups excluding carboxylic acids is 2. The summed E-state index contributed by atoms with van der Waals surface area (Å²) in [5, 5.41) is 2.87. The summed E-state index contributed by atoms with van der Waals surface area (Å²) in [4.78, 5) is 28.3.